The smallest absolute Gasteiger partial charge is 0.258 e. The van der Waals surface area contributed by atoms with E-state index < -0.39 is 11.7 Å². The Morgan fingerprint density at radius 2 is 1.89 bits per heavy atom. The second-order valence-electron chi connectivity index (χ2n) is 6.06. The van der Waals surface area contributed by atoms with Crippen LogP contribution in [0.2, 0.25) is 0 Å². The highest BCUT2D eigenvalue weighted by Crippen LogP contribution is 2.29. The van der Waals surface area contributed by atoms with E-state index in [1.807, 2.05) is 13.8 Å². The molecular formula is C19H22FN3O4. The maximum absolute atomic E-state index is 13.3. The van der Waals surface area contributed by atoms with Gasteiger partial charge in [0.05, 0.1) is 18.5 Å². The number of halogens is 1. The number of ether oxygens (including phenoxy) is 2. The normalized spacial score (nSPS) is 10.4. The lowest BCUT2D eigenvalue weighted by molar-refractivity contribution is -0.123. The Morgan fingerprint density at radius 3 is 2.56 bits per heavy atom. The molecule has 0 fully saturated rings. The molecule has 27 heavy (non-hydrogen) atoms. The van der Waals surface area contributed by atoms with Crippen LogP contribution in [-0.2, 0) is 4.79 Å². The van der Waals surface area contributed by atoms with Gasteiger partial charge in [-0.2, -0.15) is 0 Å². The van der Waals surface area contributed by atoms with Crippen molar-refractivity contribution in [2.24, 2.45) is 0 Å². The molecule has 0 spiro atoms. The van der Waals surface area contributed by atoms with Crippen LogP contribution >= 0.6 is 0 Å². The molecule has 8 heteroatoms. The van der Waals surface area contributed by atoms with Crippen LogP contribution in [-0.4, -0.2) is 31.6 Å². The molecule has 0 aliphatic rings. The number of benzene rings is 2. The summed E-state index contributed by atoms with van der Waals surface area (Å²) in [4.78, 5) is 24.1. The molecule has 0 aliphatic carbocycles. The number of hydrogen-bond donors (Lipinski definition) is 3. The Labute approximate surface area is 156 Å². The van der Waals surface area contributed by atoms with Gasteiger partial charge in [-0.25, -0.2) is 4.39 Å². The molecule has 0 heterocycles. The number of nitrogens with one attached hydrogen (secondary N) is 2. The van der Waals surface area contributed by atoms with E-state index in [-0.39, 0.29) is 41.2 Å². The van der Waals surface area contributed by atoms with Crippen molar-refractivity contribution < 1.29 is 23.5 Å². The topological polar surface area (TPSA) is 103 Å². The minimum absolute atomic E-state index is 0.00401. The maximum atomic E-state index is 13.3. The van der Waals surface area contributed by atoms with Crippen LogP contribution in [0.1, 0.15) is 24.2 Å². The van der Waals surface area contributed by atoms with Crippen LogP contribution in [0.15, 0.2) is 36.4 Å². The Hall–Kier alpha value is -3.29. The van der Waals surface area contributed by atoms with Crippen molar-refractivity contribution in [1.29, 1.82) is 0 Å². The Morgan fingerprint density at radius 1 is 1.15 bits per heavy atom. The van der Waals surface area contributed by atoms with Gasteiger partial charge in [-0.05, 0) is 50.2 Å². The molecule has 0 unspecified atom stereocenters. The second-order valence-corrected chi connectivity index (χ2v) is 6.06. The van der Waals surface area contributed by atoms with Crippen LogP contribution < -0.4 is 25.8 Å². The third-order valence-corrected chi connectivity index (χ3v) is 3.50. The number of rotatable bonds is 7. The minimum atomic E-state index is -0.513. The summed E-state index contributed by atoms with van der Waals surface area (Å²) in [5.74, 6) is -0.670. The Kier molecular flexibility index (Phi) is 6.59. The molecule has 0 atom stereocenters. The van der Waals surface area contributed by atoms with E-state index in [4.69, 9.17) is 15.2 Å². The largest absolute Gasteiger partial charge is 0.493 e. The van der Waals surface area contributed by atoms with Gasteiger partial charge >= 0.3 is 0 Å². The standard InChI is InChI=1S/C19H22FN3O4/c1-11(2)22-18(24)10-27-16-7-4-12(8-17(16)26-3)19(25)23-15-9-13(20)5-6-14(15)21/h4-9,11H,10,21H2,1-3H3,(H,22,24)(H,23,25). The highest BCUT2D eigenvalue weighted by atomic mass is 19.1. The summed E-state index contributed by atoms with van der Waals surface area (Å²) in [6, 6.07) is 8.19. The fraction of sp³-hybridized carbons (Fsp3) is 0.263. The average molecular weight is 375 g/mol. The first-order valence-electron chi connectivity index (χ1n) is 8.26. The van der Waals surface area contributed by atoms with Crippen molar-refractivity contribution in [3.63, 3.8) is 0 Å². The van der Waals surface area contributed by atoms with E-state index in [0.717, 1.165) is 6.07 Å². The predicted octanol–water partition coefficient (Wildman–Crippen LogP) is 2.57. The maximum Gasteiger partial charge on any atom is 0.258 e. The Bertz CT molecular complexity index is 840. The Balaban J connectivity index is 2.11. The van der Waals surface area contributed by atoms with Crippen molar-refractivity contribution in [2.45, 2.75) is 19.9 Å². The molecule has 2 aromatic carbocycles. The van der Waals surface area contributed by atoms with Crippen molar-refractivity contribution in [3.05, 3.63) is 47.8 Å². The molecule has 7 nitrogen and oxygen atoms in total. The van der Waals surface area contributed by atoms with E-state index in [1.54, 1.807) is 0 Å². The first-order chi connectivity index (χ1) is 12.8. The van der Waals surface area contributed by atoms with E-state index in [2.05, 4.69) is 10.6 Å². The van der Waals surface area contributed by atoms with E-state index >= 15 is 0 Å². The zero-order valence-corrected chi connectivity index (χ0v) is 15.3. The number of anilines is 2. The number of nitrogens with two attached hydrogens (primary N) is 1. The molecule has 2 aromatic rings. The van der Waals surface area contributed by atoms with E-state index in [9.17, 15) is 14.0 Å². The molecule has 0 radical (unpaired) electrons. The molecule has 0 aliphatic heterocycles. The van der Waals surface area contributed by atoms with Gasteiger partial charge in [-0.1, -0.05) is 0 Å². The van der Waals surface area contributed by atoms with Crippen LogP contribution in [0, 0.1) is 5.82 Å². The fourth-order valence-corrected chi connectivity index (χ4v) is 2.27. The predicted molar refractivity (Wildman–Crippen MR) is 101 cm³/mol. The zero-order valence-electron chi connectivity index (χ0n) is 15.3. The first-order valence-corrected chi connectivity index (χ1v) is 8.26. The summed E-state index contributed by atoms with van der Waals surface area (Å²) in [5.41, 5.74) is 6.41. The van der Waals surface area contributed by atoms with Gasteiger partial charge in [-0.15, -0.1) is 0 Å². The van der Waals surface area contributed by atoms with Crippen molar-refractivity contribution in [1.82, 2.24) is 5.32 Å². The second kappa shape index (κ2) is 8.88. The average Bonchev–Trinajstić information content (AvgIpc) is 2.62. The molecule has 0 bridgehead atoms. The van der Waals surface area contributed by atoms with Gasteiger partial charge < -0.3 is 25.8 Å². The number of hydrogen-bond acceptors (Lipinski definition) is 5. The van der Waals surface area contributed by atoms with Crippen LogP contribution in [0.4, 0.5) is 15.8 Å². The number of methoxy groups -OCH3 is 1. The fourth-order valence-electron chi connectivity index (χ4n) is 2.27. The molecule has 2 amide bonds. The van der Waals surface area contributed by atoms with E-state index in [1.165, 1.54) is 37.4 Å². The molecular weight excluding hydrogens is 353 g/mol. The zero-order chi connectivity index (χ0) is 20.0. The van der Waals surface area contributed by atoms with Crippen LogP contribution in [0.5, 0.6) is 11.5 Å². The monoisotopic (exact) mass is 375 g/mol. The van der Waals surface area contributed by atoms with Gasteiger partial charge in [0.25, 0.3) is 11.8 Å². The number of carbonyl (C=O) groups is 2. The summed E-state index contributed by atoms with van der Waals surface area (Å²) in [7, 11) is 1.42. The van der Waals surface area contributed by atoms with Gasteiger partial charge in [0.2, 0.25) is 0 Å². The van der Waals surface area contributed by atoms with Crippen LogP contribution in [0.25, 0.3) is 0 Å². The highest BCUT2D eigenvalue weighted by molar-refractivity contribution is 6.06. The molecule has 0 aromatic heterocycles. The van der Waals surface area contributed by atoms with Crippen LogP contribution in [0.3, 0.4) is 0 Å². The lowest BCUT2D eigenvalue weighted by Crippen LogP contribution is -2.34. The lowest BCUT2D eigenvalue weighted by Gasteiger charge is -2.13. The van der Waals surface area contributed by atoms with Gasteiger partial charge in [0.15, 0.2) is 18.1 Å². The first kappa shape index (κ1) is 20.0. The third kappa shape index (κ3) is 5.60. The minimum Gasteiger partial charge on any atom is -0.493 e. The van der Waals surface area contributed by atoms with Crippen molar-refractivity contribution >= 4 is 23.2 Å². The SMILES string of the molecule is COc1cc(C(=O)Nc2cc(F)ccc2N)ccc1OCC(=O)NC(C)C. The molecule has 0 saturated carbocycles. The van der Waals surface area contributed by atoms with Crippen molar-refractivity contribution in [2.75, 3.05) is 24.8 Å². The van der Waals surface area contributed by atoms with Gasteiger partial charge in [-0.3, -0.25) is 9.59 Å². The summed E-state index contributed by atoms with van der Waals surface area (Å²) >= 11 is 0. The quantitative estimate of drug-likeness (QED) is 0.646. The van der Waals surface area contributed by atoms with Gasteiger partial charge in [0, 0.05) is 11.6 Å². The number of amides is 2. The molecule has 144 valence electrons. The molecule has 2 rings (SSSR count). The highest BCUT2D eigenvalue weighted by Gasteiger charge is 2.14. The van der Waals surface area contributed by atoms with Gasteiger partial charge in [0.1, 0.15) is 5.82 Å². The number of carbonyl (C=O) groups excluding carboxylic acids is 2. The molecule has 4 N–H and O–H groups in total. The summed E-state index contributed by atoms with van der Waals surface area (Å²) in [6.45, 7) is 3.51. The van der Waals surface area contributed by atoms with E-state index in [0.29, 0.717) is 5.75 Å². The summed E-state index contributed by atoms with van der Waals surface area (Å²) in [5, 5.41) is 5.25. The number of nitrogen functional groups attached to an aromatic ring is 1. The third-order valence-electron chi connectivity index (χ3n) is 3.50. The van der Waals surface area contributed by atoms with Crippen molar-refractivity contribution in [3.8, 4) is 11.5 Å². The summed E-state index contributed by atoms with van der Waals surface area (Å²) in [6.07, 6.45) is 0. The summed E-state index contributed by atoms with van der Waals surface area (Å²) < 4.78 is 24.0. The molecule has 0 saturated heterocycles. The lowest BCUT2D eigenvalue weighted by atomic mass is 10.1.